The zero-order valence-electron chi connectivity index (χ0n) is 13.7. The van der Waals surface area contributed by atoms with Crippen molar-refractivity contribution in [3.05, 3.63) is 82.9 Å². The smallest absolute Gasteiger partial charge is 0.260 e. The Hall–Kier alpha value is -3.41. The van der Waals surface area contributed by atoms with Crippen LogP contribution in [0.3, 0.4) is 0 Å². The lowest BCUT2D eigenvalue weighted by molar-refractivity contribution is 0.809. The third-order valence-corrected chi connectivity index (χ3v) is 4.12. The number of fused-ring (bicyclic) bond motifs is 1. The molecular formula is C19H17N5O. The van der Waals surface area contributed by atoms with Gasteiger partial charge in [-0.05, 0) is 36.8 Å². The highest BCUT2D eigenvalue weighted by Gasteiger charge is 2.13. The van der Waals surface area contributed by atoms with E-state index in [1.165, 1.54) is 0 Å². The number of benzene rings is 2. The Morgan fingerprint density at radius 2 is 1.88 bits per heavy atom. The van der Waals surface area contributed by atoms with Crippen molar-refractivity contribution < 1.29 is 0 Å². The van der Waals surface area contributed by atoms with Gasteiger partial charge < -0.3 is 5.32 Å². The third-order valence-electron chi connectivity index (χ3n) is 4.12. The van der Waals surface area contributed by atoms with E-state index in [-0.39, 0.29) is 11.6 Å². The Kier molecular flexibility index (Phi) is 3.78. The molecule has 0 aliphatic rings. The molecule has 25 heavy (non-hydrogen) atoms. The van der Waals surface area contributed by atoms with Crippen LogP contribution < -0.4 is 10.9 Å². The molecule has 0 aliphatic carbocycles. The molecule has 1 unspecified atom stereocenters. The monoisotopic (exact) mass is 331 g/mol. The molecule has 0 fully saturated rings. The average Bonchev–Trinajstić information content (AvgIpc) is 3.16. The molecule has 2 aromatic heterocycles. The van der Waals surface area contributed by atoms with Crippen molar-refractivity contribution in [2.75, 3.05) is 5.32 Å². The van der Waals surface area contributed by atoms with Crippen molar-refractivity contribution in [3.63, 3.8) is 0 Å². The molecule has 6 nitrogen and oxygen atoms in total. The third kappa shape index (κ3) is 2.89. The number of anilines is 1. The van der Waals surface area contributed by atoms with Crippen LogP contribution in [0, 0.1) is 0 Å². The molecule has 1 atom stereocenters. The number of aromatic nitrogens is 4. The van der Waals surface area contributed by atoms with Gasteiger partial charge in [0.1, 0.15) is 0 Å². The Labute approximate surface area is 144 Å². The highest BCUT2D eigenvalue weighted by molar-refractivity contribution is 5.78. The molecule has 124 valence electrons. The van der Waals surface area contributed by atoms with E-state index in [0.29, 0.717) is 16.9 Å². The van der Waals surface area contributed by atoms with Gasteiger partial charge >= 0.3 is 0 Å². The van der Waals surface area contributed by atoms with Gasteiger partial charge in [-0.3, -0.25) is 9.78 Å². The number of H-pyrrole nitrogens is 1. The van der Waals surface area contributed by atoms with Gasteiger partial charge in [0.05, 0.1) is 22.6 Å². The summed E-state index contributed by atoms with van der Waals surface area (Å²) in [5.74, 6) is 0.450. The quantitative estimate of drug-likeness (QED) is 0.602. The minimum absolute atomic E-state index is 0.0651. The molecule has 4 aromatic rings. The zero-order chi connectivity index (χ0) is 17.2. The molecule has 2 aromatic carbocycles. The summed E-state index contributed by atoms with van der Waals surface area (Å²) in [6.45, 7) is 2.03. The Morgan fingerprint density at radius 3 is 2.72 bits per heavy atom. The van der Waals surface area contributed by atoms with Gasteiger partial charge in [0.25, 0.3) is 5.56 Å². The van der Waals surface area contributed by atoms with Gasteiger partial charge in [-0.2, -0.15) is 5.10 Å². The maximum atomic E-state index is 12.2. The van der Waals surface area contributed by atoms with E-state index in [2.05, 4.69) is 20.4 Å². The first-order chi connectivity index (χ1) is 12.2. The minimum Gasteiger partial charge on any atom is -0.349 e. The van der Waals surface area contributed by atoms with Crippen LogP contribution in [0.25, 0.3) is 16.6 Å². The predicted molar refractivity (Wildman–Crippen MR) is 98.0 cm³/mol. The number of aromatic amines is 1. The fourth-order valence-electron chi connectivity index (χ4n) is 2.91. The van der Waals surface area contributed by atoms with Crippen molar-refractivity contribution in [3.8, 4) is 5.69 Å². The van der Waals surface area contributed by atoms with Crippen molar-refractivity contribution in [2.24, 2.45) is 0 Å². The number of rotatable bonds is 4. The summed E-state index contributed by atoms with van der Waals surface area (Å²) in [6.07, 6.45) is 3.65. The Morgan fingerprint density at radius 1 is 1.08 bits per heavy atom. The minimum atomic E-state index is -0.152. The zero-order valence-corrected chi connectivity index (χ0v) is 13.7. The van der Waals surface area contributed by atoms with E-state index in [0.717, 1.165) is 11.3 Å². The van der Waals surface area contributed by atoms with Gasteiger partial charge in [-0.25, -0.2) is 9.67 Å². The fourth-order valence-corrected chi connectivity index (χ4v) is 2.91. The van der Waals surface area contributed by atoms with Crippen LogP contribution >= 0.6 is 0 Å². The second-order valence-electron chi connectivity index (χ2n) is 5.81. The lowest BCUT2D eigenvalue weighted by atomic mass is 10.1. The Balaban J connectivity index is 1.70. The number of nitrogens with one attached hydrogen (secondary N) is 2. The summed E-state index contributed by atoms with van der Waals surface area (Å²) in [4.78, 5) is 19.5. The first kappa shape index (κ1) is 15.1. The van der Waals surface area contributed by atoms with Crippen LogP contribution in [0.15, 0.2) is 71.8 Å². The maximum Gasteiger partial charge on any atom is 0.260 e. The molecule has 4 rings (SSSR count). The normalized spacial score (nSPS) is 12.2. The molecule has 0 spiro atoms. The largest absolute Gasteiger partial charge is 0.349 e. The average molecular weight is 331 g/mol. The lowest BCUT2D eigenvalue weighted by Gasteiger charge is -2.18. The maximum absolute atomic E-state index is 12.2. The van der Waals surface area contributed by atoms with Gasteiger partial charge in [0, 0.05) is 12.4 Å². The molecule has 2 N–H and O–H groups in total. The summed E-state index contributed by atoms with van der Waals surface area (Å²) < 4.78 is 1.82. The van der Waals surface area contributed by atoms with E-state index in [4.69, 9.17) is 0 Å². The SMILES string of the molecule is CC(Nc1nc2ccccc2c(=O)[nH]1)c1ccccc1-n1cccn1. The summed E-state index contributed by atoms with van der Waals surface area (Å²) in [7, 11) is 0. The summed E-state index contributed by atoms with van der Waals surface area (Å²) in [6, 6.07) is 17.1. The fraction of sp³-hybridized carbons (Fsp3) is 0.105. The number of para-hydroxylation sites is 2. The first-order valence-corrected chi connectivity index (χ1v) is 8.07. The van der Waals surface area contributed by atoms with Gasteiger partial charge in [0.15, 0.2) is 0 Å². The summed E-state index contributed by atoms with van der Waals surface area (Å²) in [5, 5.41) is 8.17. The highest BCUT2D eigenvalue weighted by Crippen LogP contribution is 2.23. The molecule has 0 aliphatic heterocycles. The van der Waals surface area contributed by atoms with Crippen LogP contribution in [0.4, 0.5) is 5.95 Å². The molecule has 0 saturated heterocycles. The molecule has 0 amide bonds. The van der Waals surface area contributed by atoms with Crippen molar-refractivity contribution in [2.45, 2.75) is 13.0 Å². The number of hydrogen-bond donors (Lipinski definition) is 2. The van der Waals surface area contributed by atoms with Crippen molar-refractivity contribution in [1.29, 1.82) is 0 Å². The van der Waals surface area contributed by atoms with Crippen LogP contribution in [0.5, 0.6) is 0 Å². The molecule has 2 heterocycles. The molecule has 0 bridgehead atoms. The predicted octanol–water partition coefficient (Wildman–Crippen LogP) is 3.28. The second kappa shape index (κ2) is 6.24. The molecule has 0 radical (unpaired) electrons. The lowest BCUT2D eigenvalue weighted by Crippen LogP contribution is -2.16. The standard InChI is InChI=1S/C19H17N5O/c1-13(14-7-3-5-10-17(14)24-12-6-11-20-24)21-19-22-16-9-4-2-8-15(16)18(25)23-19/h2-13H,1H3,(H2,21,22,23,25). The van der Waals surface area contributed by atoms with Crippen molar-refractivity contribution >= 4 is 16.9 Å². The molecular weight excluding hydrogens is 314 g/mol. The molecule has 6 heteroatoms. The Bertz CT molecular complexity index is 1070. The highest BCUT2D eigenvalue weighted by atomic mass is 16.1. The summed E-state index contributed by atoms with van der Waals surface area (Å²) in [5.41, 5.74) is 2.56. The van der Waals surface area contributed by atoms with Gasteiger partial charge in [0.2, 0.25) is 5.95 Å². The van der Waals surface area contributed by atoms with Crippen LogP contribution in [0.1, 0.15) is 18.5 Å². The van der Waals surface area contributed by atoms with E-state index < -0.39 is 0 Å². The molecule has 0 saturated carbocycles. The summed E-state index contributed by atoms with van der Waals surface area (Å²) >= 11 is 0. The van der Waals surface area contributed by atoms with Gasteiger partial charge in [-0.15, -0.1) is 0 Å². The van der Waals surface area contributed by atoms with Gasteiger partial charge in [-0.1, -0.05) is 30.3 Å². The topological polar surface area (TPSA) is 75.6 Å². The second-order valence-corrected chi connectivity index (χ2v) is 5.81. The van der Waals surface area contributed by atoms with Crippen molar-refractivity contribution in [1.82, 2.24) is 19.7 Å². The van der Waals surface area contributed by atoms with Crippen LogP contribution in [-0.2, 0) is 0 Å². The van der Waals surface area contributed by atoms with E-state index >= 15 is 0 Å². The van der Waals surface area contributed by atoms with E-state index in [1.807, 2.05) is 66.3 Å². The van der Waals surface area contributed by atoms with Crippen LogP contribution in [0.2, 0.25) is 0 Å². The van der Waals surface area contributed by atoms with E-state index in [9.17, 15) is 4.79 Å². The number of nitrogens with zero attached hydrogens (tertiary/aromatic N) is 3. The number of hydrogen-bond acceptors (Lipinski definition) is 4. The van der Waals surface area contributed by atoms with Crippen LogP contribution in [-0.4, -0.2) is 19.7 Å². The first-order valence-electron chi connectivity index (χ1n) is 8.07. The van der Waals surface area contributed by atoms with E-state index in [1.54, 1.807) is 12.3 Å².